The fraction of sp³-hybridized carbons (Fsp3) is 0.778. The standard InChI is InChI=1S/C9H16/c1-9-7-5-3-2-4-6-8-9/h2-3,9H,4-8H2,1H3/b3-2+/t9-/m0/s1. The number of hydrogen-bond acceptors (Lipinski definition) is 0. The molecule has 9 heavy (non-hydrogen) atoms. The van der Waals surface area contributed by atoms with E-state index in [0.29, 0.717) is 0 Å². The molecule has 1 atom stereocenters. The predicted molar refractivity (Wildman–Crippen MR) is 41.4 cm³/mol. The van der Waals surface area contributed by atoms with Gasteiger partial charge in [-0.2, -0.15) is 0 Å². The van der Waals surface area contributed by atoms with Gasteiger partial charge >= 0.3 is 0 Å². The van der Waals surface area contributed by atoms with Crippen LogP contribution in [0.15, 0.2) is 12.2 Å². The summed E-state index contributed by atoms with van der Waals surface area (Å²) in [6, 6.07) is 0. The largest absolute Gasteiger partial charge is 0.0885 e. The molecule has 0 saturated carbocycles. The monoisotopic (exact) mass is 124 g/mol. The average molecular weight is 124 g/mol. The molecule has 0 aromatic rings. The van der Waals surface area contributed by atoms with Crippen LogP contribution < -0.4 is 0 Å². The molecule has 1 aliphatic rings. The smallest absolute Gasteiger partial charge is 0.0348 e. The average Bonchev–Trinajstić information content (AvgIpc) is 1.79. The van der Waals surface area contributed by atoms with Gasteiger partial charge in [0.1, 0.15) is 0 Å². The lowest BCUT2D eigenvalue weighted by molar-refractivity contribution is 0.474. The van der Waals surface area contributed by atoms with Crippen LogP contribution in [0.4, 0.5) is 0 Å². The van der Waals surface area contributed by atoms with Gasteiger partial charge in [0, 0.05) is 0 Å². The number of allylic oxidation sites excluding steroid dienone is 2. The van der Waals surface area contributed by atoms with Gasteiger partial charge in [-0.1, -0.05) is 25.5 Å². The molecule has 0 spiro atoms. The molecule has 0 aliphatic heterocycles. The summed E-state index contributed by atoms with van der Waals surface area (Å²) < 4.78 is 0. The van der Waals surface area contributed by atoms with Gasteiger partial charge in [0.05, 0.1) is 0 Å². The topological polar surface area (TPSA) is 0 Å². The molecule has 0 radical (unpaired) electrons. The van der Waals surface area contributed by atoms with E-state index >= 15 is 0 Å². The van der Waals surface area contributed by atoms with E-state index in [2.05, 4.69) is 19.1 Å². The van der Waals surface area contributed by atoms with Crippen molar-refractivity contribution in [2.45, 2.75) is 39.0 Å². The van der Waals surface area contributed by atoms with Crippen molar-refractivity contribution in [3.8, 4) is 0 Å². The summed E-state index contributed by atoms with van der Waals surface area (Å²) in [5.74, 6) is 0.968. The predicted octanol–water partition coefficient (Wildman–Crippen LogP) is 3.14. The van der Waals surface area contributed by atoms with E-state index in [1.165, 1.54) is 32.1 Å². The first-order valence-electron chi connectivity index (χ1n) is 4.04. The van der Waals surface area contributed by atoms with E-state index in [1.807, 2.05) is 0 Å². The molecule has 0 aromatic heterocycles. The Balaban J connectivity index is 2.27. The molecule has 0 nitrogen and oxygen atoms in total. The van der Waals surface area contributed by atoms with Crippen molar-refractivity contribution in [2.75, 3.05) is 0 Å². The highest BCUT2D eigenvalue weighted by Gasteiger charge is 2.01. The summed E-state index contributed by atoms with van der Waals surface area (Å²) >= 11 is 0. The van der Waals surface area contributed by atoms with E-state index in [4.69, 9.17) is 0 Å². The highest BCUT2D eigenvalue weighted by molar-refractivity contribution is 4.84. The molecule has 52 valence electrons. The van der Waals surface area contributed by atoms with Crippen LogP contribution >= 0.6 is 0 Å². The van der Waals surface area contributed by atoms with Crippen molar-refractivity contribution >= 4 is 0 Å². The van der Waals surface area contributed by atoms with Crippen molar-refractivity contribution in [2.24, 2.45) is 5.92 Å². The Morgan fingerprint density at radius 3 is 2.78 bits per heavy atom. The molecule has 1 aliphatic carbocycles. The van der Waals surface area contributed by atoms with Crippen LogP contribution in [0.3, 0.4) is 0 Å². The van der Waals surface area contributed by atoms with E-state index in [0.717, 1.165) is 5.92 Å². The quantitative estimate of drug-likeness (QED) is 0.435. The molecule has 0 amide bonds. The van der Waals surface area contributed by atoms with E-state index in [-0.39, 0.29) is 0 Å². The maximum absolute atomic E-state index is 2.36. The molecule has 0 heterocycles. The first-order valence-corrected chi connectivity index (χ1v) is 4.04. The summed E-state index contributed by atoms with van der Waals surface area (Å²) in [4.78, 5) is 0. The van der Waals surface area contributed by atoms with Crippen molar-refractivity contribution in [3.63, 3.8) is 0 Å². The summed E-state index contributed by atoms with van der Waals surface area (Å²) in [6.45, 7) is 2.36. The van der Waals surface area contributed by atoms with Crippen LogP contribution in [0.1, 0.15) is 39.0 Å². The minimum Gasteiger partial charge on any atom is -0.0885 e. The third kappa shape index (κ3) is 2.69. The molecule has 1 rings (SSSR count). The molecular weight excluding hydrogens is 108 g/mol. The Kier molecular flexibility index (Phi) is 2.82. The van der Waals surface area contributed by atoms with Crippen LogP contribution in [0, 0.1) is 5.92 Å². The third-order valence-electron chi connectivity index (χ3n) is 2.06. The summed E-state index contributed by atoms with van der Waals surface area (Å²) in [6.07, 6.45) is 11.5. The Morgan fingerprint density at radius 2 is 1.89 bits per heavy atom. The lowest BCUT2D eigenvalue weighted by Gasteiger charge is -2.10. The SMILES string of the molecule is C[C@H]1CC/C=C/CCC1. The van der Waals surface area contributed by atoms with Gasteiger partial charge in [0.2, 0.25) is 0 Å². The zero-order chi connectivity index (χ0) is 6.53. The van der Waals surface area contributed by atoms with Gasteiger partial charge in [-0.05, 0) is 31.6 Å². The molecule has 0 unspecified atom stereocenters. The Labute approximate surface area is 58.0 Å². The highest BCUT2D eigenvalue weighted by Crippen LogP contribution is 2.16. The lowest BCUT2D eigenvalue weighted by Crippen LogP contribution is -1.95. The van der Waals surface area contributed by atoms with Crippen molar-refractivity contribution in [3.05, 3.63) is 12.2 Å². The fourth-order valence-corrected chi connectivity index (χ4v) is 1.34. The van der Waals surface area contributed by atoms with E-state index < -0.39 is 0 Å². The second-order valence-corrected chi connectivity index (χ2v) is 3.08. The number of hydrogen-bond donors (Lipinski definition) is 0. The third-order valence-corrected chi connectivity index (χ3v) is 2.06. The normalized spacial score (nSPS) is 32.8. The maximum atomic E-state index is 2.36. The maximum Gasteiger partial charge on any atom is -0.0348 e. The van der Waals surface area contributed by atoms with Gasteiger partial charge in [0.15, 0.2) is 0 Å². The molecule has 0 aromatic carbocycles. The van der Waals surface area contributed by atoms with Gasteiger partial charge in [-0.25, -0.2) is 0 Å². The molecule has 0 bridgehead atoms. The Hall–Kier alpha value is -0.260. The van der Waals surface area contributed by atoms with Crippen molar-refractivity contribution < 1.29 is 0 Å². The first kappa shape index (κ1) is 6.85. The summed E-state index contributed by atoms with van der Waals surface area (Å²) in [7, 11) is 0. The minimum atomic E-state index is 0.968. The molecular formula is C9H16. The van der Waals surface area contributed by atoms with Crippen LogP contribution in [0.2, 0.25) is 0 Å². The molecule has 0 saturated heterocycles. The van der Waals surface area contributed by atoms with E-state index in [1.54, 1.807) is 0 Å². The Bertz CT molecular complexity index is 92.2. The second kappa shape index (κ2) is 3.71. The lowest BCUT2D eigenvalue weighted by atomic mass is 9.96. The van der Waals surface area contributed by atoms with Gasteiger partial charge < -0.3 is 0 Å². The van der Waals surface area contributed by atoms with Crippen LogP contribution in [-0.2, 0) is 0 Å². The zero-order valence-electron chi connectivity index (χ0n) is 6.27. The zero-order valence-corrected chi connectivity index (χ0v) is 6.27. The van der Waals surface area contributed by atoms with Crippen molar-refractivity contribution in [1.29, 1.82) is 0 Å². The Morgan fingerprint density at radius 1 is 1.11 bits per heavy atom. The van der Waals surface area contributed by atoms with Crippen LogP contribution in [-0.4, -0.2) is 0 Å². The second-order valence-electron chi connectivity index (χ2n) is 3.08. The first-order chi connectivity index (χ1) is 4.39. The highest BCUT2D eigenvalue weighted by atomic mass is 14.1. The van der Waals surface area contributed by atoms with Crippen LogP contribution in [0.5, 0.6) is 0 Å². The molecule has 0 fully saturated rings. The van der Waals surface area contributed by atoms with E-state index in [9.17, 15) is 0 Å². The van der Waals surface area contributed by atoms with Gasteiger partial charge in [0.25, 0.3) is 0 Å². The number of rotatable bonds is 0. The fourth-order valence-electron chi connectivity index (χ4n) is 1.34. The minimum absolute atomic E-state index is 0.968. The van der Waals surface area contributed by atoms with Crippen LogP contribution in [0.25, 0.3) is 0 Å². The van der Waals surface area contributed by atoms with Crippen molar-refractivity contribution in [1.82, 2.24) is 0 Å². The van der Waals surface area contributed by atoms with Gasteiger partial charge in [-0.3, -0.25) is 0 Å². The molecule has 0 heteroatoms. The molecule has 0 N–H and O–H groups in total. The summed E-state index contributed by atoms with van der Waals surface area (Å²) in [5.41, 5.74) is 0. The summed E-state index contributed by atoms with van der Waals surface area (Å²) in [5, 5.41) is 0. The van der Waals surface area contributed by atoms with Gasteiger partial charge in [-0.15, -0.1) is 0 Å².